The molecule has 1 aromatic heterocycles. The number of anilines is 1. The quantitative estimate of drug-likeness (QED) is 0.744. The van der Waals surface area contributed by atoms with Crippen LogP contribution < -0.4 is 5.32 Å². The molecule has 1 heterocycles. The number of aromatic carboxylic acids is 1. The Morgan fingerprint density at radius 3 is 2.50 bits per heavy atom. The van der Waals surface area contributed by atoms with Crippen molar-refractivity contribution >= 4 is 28.2 Å². The van der Waals surface area contributed by atoms with Gasteiger partial charge in [-0.25, -0.2) is 9.78 Å². The van der Waals surface area contributed by atoms with Gasteiger partial charge in [0.1, 0.15) is 4.88 Å². The van der Waals surface area contributed by atoms with Crippen LogP contribution in [0.1, 0.15) is 60.2 Å². The molecule has 0 fully saturated rings. The van der Waals surface area contributed by atoms with Crippen molar-refractivity contribution in [3.63, 3.8) is 0 Å². The van der Waals surface area contributed by atoms with Gasteiger partial charge in [-0.2, -0.15) is 0 Å². The van der Waals surface area contributed by atoms with E-state index in [0.29, 0.717) is 5.13 Å². The average molecular weight is 270 g/mol. The van der Waals surface area contributed by atoms with Crippen molar-refractivity contribution in [3.8, 4) is 0 Å². The van der Waals surface area contributed by atoms with Crippen LogP contribution in [-0.4, -0.2) is 27.9 Å². The van der Waals surface area contributed by atoms with Crippen LogP contribution in [-0.2, 0) is 0 Å². The van der Waals surface area contributed by atoms with Crippen LogP contribution in [0.4, 0.5) is 5.13 Å². The van der Waals surface area contributed by atoms with Gasteiger partial charge in [0, 0.05) is 13.0 Å². The number of thiazole rings is 1. The Bertz CT molecular complexity index is 411. The third kappa shape index (κ3) is 3.53. The molecule has 0 radical (unpaired) electrons. The minimum Gasteiger partial charge on any atom is -0.476 e. The van der Waals surface area contributed by atoms with Gasteiger partial charge in [0.15, 0.2) is 16.6 Å². The Morgan fingerprint density at radius 1 is 1.44 bits per heavy atom. The predicted octanol–water partition coefficient (Wildman–Crippen LogP) is 3.03. The molecule has 0 saturated carbocycles. The minimum atomic E-state index is -1.16. The summed E-state index contributed by atoms with van der Waals surface area (Å²) in [5, 5.41) is 12.7. The van der Waals surface area contributed by atoms with Gasteiger partial charge in [-0.05, 0) is 12.8 Å². The summed E-state index contributed by atoms with van der Waals surface area (Å²) >= 11 is 1.11. The van der Waals surface area contributed by atoms with Crippen LogP contribution >= 0.6 is 11.3 Å². The molecule has 1 aromatic rings. The Kier molecular flexibility index (Phi) is 5.27. The van der Waals surface area contributed by atoms with Gasteiger partial charge >= 0.3 is 5.97 Å². The van der Waals surface area contributed by atoms with Crippen LogP contribution in [0.3, 0.4) is 0 Å². The van der Waals surface area contributed by atoms with Gasteiger partial charge in [-0.3, -0.25) is 4.79 Å². The summed E-state index contributed by atoms with van der Waals surface area (Å²) in [7, 11) is 0. The first-order chi connectivity index (χ1) is 8.49. The van der Waals surface area contributed by atoms with E-state index >= 15 is 0 Å². The number of ketones is 1. The Balaban J connectivity index is 2.94. The Labute approximate surface area is 110 Å². The summed E-state index contributed by atoms with van der Waals surface area (Å²) in [6.07, 6.45) is 2.97. The molecule has 1 rings (SSSR count). The molecule has 2 N–H and O–H groups in total. The van der Waals surface area contributed by atoms with Gasteiger partial charge < -0.3 is 10.4 Å². The number of rotatable bonds is 7. The zero-order valence-corrected chi connectivity index (χ0v) is 11.6. The Hall–Kier alpha value is -1.43. The summed E-state index contributed by atoms with van der Waals surface area (Å²) in [5.41, 5.74) is -0.152. The van der Waals surface area contributed by atoms with Gasteiger partial charge in [0.05, 0.1) is 0 Å². The lowest BCUT2D eigenvalue weighted by Crippen LogP contribution is -2.17. The third-order valence-electron chi connectivity index (χ3n) is 2.61. The topological polar surface area (TPSA) is 79.3 Å². The number of nitrogens with zero attached hydrogens (tertiary/aromatic N) is 1. The van der Waals surface area contributed by atoms with Crippen LogP contribution in [0.5, 0.6) is 0 Å². The predicted molar refractivity (Wildman–Crippen MR) is 71.7 cm³/mol. The number of Topliss-reactive ketones (excluding diaryl/α,β-unsaturated/α-hetero) is 1. The van der Waals surface area contributed by atoms with Gasteiger partial charge in [0.25, 0.3) is 0 Å². The van der Waals surface area contributed by atoms with E-state index < -0.39 is 5.97 Å². The number of hydrogen-bond acceptors (Lipinski definition) is 5. The second-order valence-electron chi connectivity index (χ2n) is 4.10. The zero-order valence-electron chi connectivity index (χ0n) is 10.8. The largest absolute Gasteiger partial charge is 0.476 e. The highest BCUT2D eigenvalue weighted by Crippen LogP contribution is 2.25. The fraction of sp³-hybridized carbons (Fsp3) is 0.583. The van der Waals surface area contributed by atoms with E-state index in [1.54, 1.807) is 0 Å². The molecule has 5 nitrogen and oxygen atoms in total. The number of carboxylic acids is 1. The molecule has 0 aliphatic rings. The lowest BCUT2D eigenvalue weighted by molar-refractivity contribution is 0.0687. The molecule has 0 aliphatic carbocycles. The maximum atomic E-state index is 11.3. The third-order valence-corrected chi connectivity index (χ3v) is 3.69. The number of nitrogens with one attached hydrogen (secondary N) is 1. The maximum Gasteiger partial charge on any atom is 0.356 e. The van der Waals surface area contributed by atoms with E-state index in [0.717, 1.165) is 30.6 Å². The van der Waals surface area contributed by atoms with E-state index in [9.17, 15) is 9.59 Å². The molecule has 1 unspecified atom stereocenters. The highest BCUT2D eigenvalue weighted by atomic mass is 32.1. The van der Waals surface area contributed by atoms with Crippen molar-refractivity contribution in [2.75, 3.05) is 5.32 Å². The highest BCUT2D eigenvalue weighted by molar-refractivity contribution is 7.17. The van der Waals surface area contributed by atoms with Gasteiger partial charge in [0.2, 0.25) is 0 Å². The molecular weight excluding hydrogens is 252 g/mol. The number of hydrogen-bond donors (Lipinski definition) is 2. The fourth-order valence-corrected chi connectivity index (χ4v) is 2.60. The molecule has 0 aromatic carbocycles. The van der Waals surface area contributed by atoms with Crippen LogP contribution in [0.2, 0.25) is 0 Å². The minimum absolute atomic E-state index is 0.152. The monoisotopic (exact) mass is 270 g/mol. The SMILES string of the molecule is CCCC(CC)Nc1nc(C(=O)O)c(C(C)=O)s1. The molecule has 0 spiro atoms. The fourth-order valence-electron chi connectivity index (χ4n) is 1.67. The first-order valence-corrected chi connectivity index (χ1v) is 6.82. The van der Waals surface area contributed by atoms with E-state index in [1.807, 2.05) is 0 Å². The molecule has 18 heavy (non-hydrogen) atoms. The molecule has 0 bridgehead atoms. The van der Waals surface area contributed by atoms with E-state index in [1.165, 1.54) is 6.92 Å². The number of carboxylic acid groups (broad SMARTS) is 1. The molecule has 0 saturated heterocycles. The molecule has 1 atom stereocenters. The standard InChI is InChI=1S/C12H18N2O3S/c1-4-6-8(5-2)13-12-14-9(11(16)17)10(18-12)7(3)15/h8H,4-6H2,1-3H3,(H,13,14)(H,16,17). The second-order valence-corrected chi connectivity index (χ2v) is 5.10. The van der Waals surface area contributed by atoms with Crippen molar-refractivity contribution < 1.29 is 14.7 Å². The lowest BCUT2D eigenvalue weighted by atomic mass is 10.1. The zero-order chi connectivity index (χ0) is 13.7. The van der Waals surface area contributed by atoms with Crippen molar-refractivity contribution in [1.82, 2.24) is 4.98 Å². The molecule has 100 valence electrons. The summed E-state index contributed by atoms with van der Waals surface area (Å²) < 4.78 is 0. The molecule has 0 amide bonds. The summed E-state index contributed by atoms with van der Waals surface area (Å²) in [6.45, 7) is 5.51. The second kappa shape index (κ2) is 6.49. The van der Waals surface area contributed by atoms with Crippen molar-refractivity contribution in [1.29, 1.82) is 0 Å². The summed E-state index contributed by atoms with van der Waals surface area (Å²) in [5.74, 6) is -1.42. The number of aromatic nitrogens is 1. The maximum absolute atomic E-state index is 11.3. The number of carbonyl (C=O) groups excluding carboxylic acids is 1. The summed E-state index contributed by atoms with van der Waals surface area (Å²) in [4.78, 5) is 26.5. The molecule has 6 heteroatoms. The first-order valence-electron chi connectivity index (χ1n) is 6.01. The van der Waals surface area contributed by atoms with Gasteiger partial charge in [-0.15, -0.1) is 0 Å². The summed E-state index contributed by atoms with van der Waals surface area (Å²) in [6, 6.07) is 0.266. The van der Waals surface area contributed by atoms with E-state index in [-0.39, 0.29) is 22.4 Å². The normalized spacial score (nSPS) is 12.2. The van der Waals surface area contributed by atoms with E-state index in [4.69, 9.17) is 5.11 Å². The van der Waals surface area contributed by atoms with Crippen molar-refractivity contribution in [2.24, 2.45) is 0 Å². The van der Waals surface area contributed by atoms with Crippen LogP contribution in [0.15, 0.2) is 0 Å². The van der Waals surface area contributed by atoms with Crippen molar-refractivity contribution in [2.45, 2.75) is 46.1 Å². The number of carbonyl (C=O) groups is 2. The van der Waals surface area contributed by atoms with Crippen LogP contribution in [0, 0.1) is 0 Å². The van der Waals surface area contributed by atoms with Crippen LogP contribution in [0.25, 0.3) is 0 Å². The van der Waals surface area contributed by atoms with E-state index in [2.05, 4.69) is 24.1 Å². The Morgan fingerprint density at radius 2 is 2.11 bits per heavy atom. The highest BCUT2D eigenvalue weighted by Gasteiger charge is 2.21. The smallest absolute Gasteiger partial charge is 0.356 e. The molecule has 0 aliphatic heterocycles. The van der Waals surface area contributed by atoms with Gasteiger partial charge in [-0.1, -0.05) is 31.6 Å². The lowest BCUT2D eigenvalue weighted by Gasteiger charge is -2.14. The molecular formula is C12H18N2O3S. The average Bonchev–Trinajstić information content (AvgIpc) is 2.72. The first kappa shape index (κ1) is 14.6. The van der Waals surface area contributed by atoms with Crippen molar-refractivity contribution in [3.05, 3.63) is 10.6 Å².